The molecular formula is C28H50O7. The zero-order chi connectivity index (χ0) is 26.4. The highest BCUT2D eigenvalue weighted by Crippen LogP contribution is 2.24. The maximum absolute atomic E-state index is 11.9. The van der Waals surface area contributed by atoms with Crippen molar-refractivity contribution in [1.82, 2.24) is 0 Å². The van der Waals surface area contributed by atoms with Crippen molar-refractivity contribution in [2.45, 2.75) is 124 Å². The van der Waals surface area contributed by atoms with Crippen molar-refractivity contribution in [1.29, 1.82) is 0 Å². The average molecular weight is 499 g/mol. The zero-order valence-corrected chi connectivity index (χ0v) is 22.6. The van der Waals surface area contributed by atoms with Gasteiger partial charge in [0, 0.05) is 6.42 Å². The van der Waals surface area contributed by atoms with E-state index in [0.717, 1.165) is 30.6 Å². The second-order valence-corrected chi connectivity index (χ2v) is 11.2. The summed E-state index contributed by atoms with van der Waals surface area (Å²) in [5.74, 6) is -0.253. The van der Waals surface area contributed by atoms with E-state index in [0.29, 0.717) is 12.3 Å². The van der Waals surface area contributed by atoms with Gasteiger partial charge in [-0.15, -0.1) is 0 Å². The van der Waals surface area contributed by atoms with E-state index in [9.17, 15) is 24.9 Å². The van der Waals surface area contributed by atoms with Crippen molar-refractivity contribution < 1.29 is 34.4 Å². The number of ether oxygens (including phenoxy) is 2. The predicted octanol–water partition coefficient (Wildman–Crippen LogP) is 6.39. The van der Waals surface area contributed by atoms with Crippen LogP contribution in [0.15, 0.2) is 11.5 Å². The standard InChI is InChI=1S/C28H50O7/c1-19(2)10-6-11-20(3)12-7-13-21(4)14-8-15-22(5)16-9-17-24(30)34-18-23(29)27-25(31)26(32)28(33)35-27/h19-23,27,29,31-32H,6-18H2,1-5H3. The number of hydrogen-bond acceptors (Lipinski definition) is 7. The lowest BCUT2D eigenvalue weighted by molar-refractivity contribution is -0.154. The third kappa shape index (κ3) is 13.2. The molecular weight excluding hydrogens is 448 g/mol. The fraction of sp³-hybridized carbons (Fsp3) is 0.857. The normalized spacial score (nSPS) is 19.5. The summed E-state index contributed by atoms with van der Waals surface area (Å²) >= 11 is 0. The smallest absolute Gasteiger partial charge is 0.377 e. The van der Waals surface area contributed by atoms with Crippen molar-refractivity contribution >= 4 is 11.9 Å². The Morgan fingerprint density at radius 1 is 0.829 bits per heavy atom. The number of carbonyl (C=O) groups excluding carboxylic acids is 2. The number of hydrogen-bond donors (Lipinski definition) is 3. The minimum Gasteiger partial charge on any atom is -0.505 e. The summed E-state index contributed by atoms with van der Waals surface area (Å²) < 4.78 is 9.67. The fourth-order valence-electron chi connectivity index (χ4n) is 4.60. The van der Waals surface area contributed by atoms with E-state index < -0.39 is 42.3 Å². The summed E-state index contributed by atoms with van der Waals surface area (Å²) in [5.41, 5.74) is 0. The maximum atomic E-state index is 11.9. The van der Waals surface area contributed by atoms with Gasteiger partial charge in [-0.25, -0.2) is 4.79 Å². The van der Waals surface area contributed by atoms with Crippen LogP contribution in [0.5, 0.6) is 0 Å². The van der Waals surface area contributed by atoms with Gasteiger partial charge in [0.2, 0.25) is 5.76 Å². The minimum atomic E-state index is -1.43. The van der Waals surface area contributed by atoms with Gasteiger partial charge in [-0.3, -0.25) is 4.79 Å². The molecule has 204 valence electrons. The van der Waals surface area contributed by atoms with Crippen LogP contribution >= 0.6 is 0 Å². The van der Waals surface area contributed by atoms with Crippen LogP contribution in [0.4, 0.5) is 0 Å². The first-order chi connectivity index (χ1) is 16.5. The molecule has 35 heavy (non-hydrogen) atoms. The summed E-state index contributed by atoms with van der Waals surface area (Å²) in [6, 6.07) is 0. The van der Waals surface area contributed by atoms with Gasteiger partial charge in [0.05, 0.1) is 0 Å². The third-order valence-corrected chi connectivity index (χ3v) is 7.05. The van der Waals surface area contributed by atoms with Crippen molar-refractivity contribution in [3.05, 3.63) is 11.5 Å². The second-order valence-electron chi connectivity index (χ2n) is 11.2. The van der Waals surface area contributed by atoms with E-state index in [-0.39, 0.29) is 6.42 Å². The van der Waals surface area contributed by atoms with Crippen LogP contribution in [0, 0.1) is 23.7 Å². The monoisotopic (exact) mass is 498 g/mol. The Balaban J connectivity index is 2.05. The average Bonchev–Trinajstić information content (AvgIpc) is 3.04. The van der Waals surface area contributed by atoms with Crippen LogP contribution in [0.2, 0.25) is 0 Å². The molecule has 0 aromatic heterocycles. The van der Waals surface area contributed by atoms with Gasteiger partial charge >= 0.3 is 11.9 Å². The molecule has 1 aliphatic rings. The summed E-state index contributed by atoms with van der Waals surface area (Å²) in [4.78, 5) is 23.1. The summed E-state index contributed by atoms with van der Waals surface area (Å²) in [5, 5.41) is 28.8. The highest BCUT2D eigenvalue weighted by atomic mass is 16.6. The number of esters is 2. The summed E-state index contributed by atoms with van der Waals surface area (Å²) in [6.45, 7) is 11.2. The number of aliphatic hydroxyl groups is 3. The minimum absolute atomic E-state index is 0.250. The van der Waals surface area contributed by atoms with Crippen LogP contribution in [0.25, 0.3) is 0 Å². The third-order valence-electron chi connectivity index (χ3n) is 7.05. The second kappa shape index (κ2) is 16.8. The van der Waals surface area contributed by atoms with Crippen LogP contribution < -0.4 is 0 Å². The van der Waals surface area contributed by atoms with Crippen LogP contribution in [-0.2, 0) is 19.1 Å². The van der Waals surface area contributed by atoms with Crippen molar-refractivity contribution in [3.63, 3.8) is 0 Å². The number of aliphatic hydroxyl groups excluding tert-OH is 3. The number of rotatable bonds is 19. The SMILES string of the molecule is CC(C)CCCC(C)CCCC(C)CCCC(C)CCCC(=O)OCC(O)C1OC(=O)C(O)=C1O. The van der Waals surface area contributed by atoms with Gasteiger partial charge in [0.1, 0.15) is 12.7 Å². The largest absolute Gasteiger partial charge is 0.505 e. The zero-order valence-electron chi connectivity index (χ0n) is 22.6. The Morgan fingerprint density at radius 2 is 1.29 bits per heavy atom. The topological polar surface area (TPSA) is 113 Å². The lowest BCUT2D eigenvalue weighted by atomic mass is 9.90. The first-order valence-electron chi connectivity index (χ1n) is 13.7. The molecule has 0 saturated carbocycles. The highest BCUT2D eigenvalue weighted by molar-refractivity contribution is 5.89. The Hall–Kier alpha value is -1.76. The van der Waals surface area contributed by atoms with E-state index in [1.807, 2.05) is 0 Å². The number of carbonyl (C=O) groups is 2. The van der Waals surface area contributed by atoms with Gasteiger partial charge in [0.15, 0.2) is 11.9 Å². The van der Waals surface area contributed by atoms with Gasteiger partial charge in [-0.05, 0) is 30.1 Å². The molecule has 0 saturated heterocycles. The first-order valence-corrected chi connectivity index (χ1v) is 13.7. The molecule has 1 heterocycles. The van der Waals surface area contributed by atoms with Crippen molar-refractivity contribution in [2.75, 3.05) is 6.61 Å². The molecule has 0 spiro atoms. The van der Waals surface area contributed by atoms with E-state index in [4.69, 9.17) is 4.74 Å². The van der Waals surface area contributed by atoms with Gasteiger partial charge in [-0.2, -0.15) is 0 Å². The molecule has 3 N–H and O–H groups in total. The molecule has 0 radical (unpaired) electrons. The van der Waals surface area contributed by atoms with E-state index in [1.165, 1.54) is 51.4 Å². The van der Waals surface area contributed by atoms with E-state index >= 15 is 0 Å². The molecule has 1 rings (SSSR count). The van der Waals surface area contributed by atoms with Crippen LogP contribution in [0.3, 0.4) is 0 Å². The fourth-order valence-corrected chi connectivity index (χ4v) is 4.60. The quantitative estimate of drug-likeness (QED) is 0.177. The molecule has 7 nitrogen and oxygen atoms in total. The van der Waals surface area contributed by atoms with Crippen molar-refractivity contribution in [2.24, 2.45) is 23.7 Å². The molecule has 0 aliphatic carbocycles. The lowest BCUT2D eigenvalue weighted by Gasteiger charge is -2.17. The molecule has 0 aromatic carbocycles. The molecule has 0 aromatic rings. The van der Waals surface area contributed by atoms with Gasteiger partial charge in [0.25, 0.3) is 0 Å². The van der Waals surface area contributed by atoms with Gasteiger partial charge in [-0.1, -0.05) is 98.8 Å². The van der Waals surface area contributed by atoms with E-state index in [2.05, 4.69) is 39.4 Å². The Labute approximate surface area is 212 Å². The molecule has 0 fully saturated rings. The van der Waals surface area contributed by atoms with E-state index in [1.54, 1.807) is 0 Å². The first kappa shape index (κ1) is 31.3. The molecule has 7 heteroatoms. The Morgan fingerprint density at radius 3 is 1.71 bits per heavy atom. The number of cyclic esters (lactones) is 1. The molecule has 1 aliphatic heterocycles. The highest BCUT2D eigenvalue weighted by Gasteiger charge is 2.39. The lowest BCUT2D eigenvalue weighted by Crippen LogP contribution is -2.33. The summed E-state index contributed by atoms with van der Waals surface area (Å²) in [6.07, 6.45) is 10.8. The van der Waals surface area contributed by atoms with Crippen molar-refractivity contribution in [3.8, 4) is 0 Å². The van der Waals surface area contributed by atoms with Crippen LogP contribution in [-0.4, -0.2) is 46.1 Å². The Bertz CT molecular complexity index is 658. The molecule has 5 unspecified atom stereocenters. The molecule has 5 atom stereocenters. The molecule has 0 amide bonds. The maximum Gasteiger partial charge on any atom is 0.377 e. The predicted molar refractivity (Wildman–Crippen MR) is 137 cm³/mol. The molecule has 0 bridgehead atoms. The van der Waals surface area contributed by atoms with Crippen LogP contribution in [0.1, 0.15) is 112 Å². The van der Waals surface area contributed by atoms with Gasteiger partial charge < -0.3 is 24.8 Å². The summed E-state index contributed by atoms with van der Waals surface area (Å²) in [7, 11) is 0. The Kier molecular flexibility index (Phi) is 15.0.